The van der Waals surface area contributed by atoms with Crippen LogP contribution in [0.2, 0.25) is 0 Å². The second-order valence-electron chi connectivity index (χ2n) is 6.73. The normalized spacial score (nSPS) is 10.6. The van der Waals surface area contributed by atoms with Gasteiger partial charge in [-0.1, -0.05) is 36.4 Å². The van der Waals surface area contributed by atoms with Crippen molar-refractivity contribution in [2.24, 2.45) is 0 Å². The minimum absolute atomic E-state index is 0.0322. The van der Waals surface area contributed by atoms with Crippen LogP contribution >= 0.6 is 0 Å². The minimum Gasteiger partial charge on any atom is -0.493 e. The van der Waals surface area contributed by atoms with Gasteiger partial charge in [0.05, 0.1) is 25.8 Å². The summed E-state index contributed by atoms with van der Waals surface area (Å²) in [4.78, 5) is 12.0. The van der Waals surface area contributed by atoms with Crippen molar-refractivity contribution in [3.63, 3.8) is 0 Å². The number of rotatable bonds is 8. The van der Waals surface area contributed by atoms with Crippen molar-refractivity contribution in [1.82, 2.24) is 15.1 Å². The Morgan fingerprint density at radius 3 is 2.56 bits per heavy atom. The summed E-state index contributed by atoms with van der Waals surface area (Å²) in [7, 11) is 0. The summed E-state index contributed by atoms with van der Waals surface area (Å²) in [6.07, 6.45) is 4.07. The maximum atomic E-state index is 12.0. The first kappa shape index (κ1) is 18.7. The van der Waals surface area contributed by atoms with E-state index in [-0.39, 0.29) is 5.91 Å². The fourth-order valence-electron chi connectivity index (χ4n) is 2.92. The first-order chi connectivity index (χ1) is 13.1. The Morgan fingerprint density at radius 2 is 1.81 bits per heavy atom. The third kappa shape index (κ3) is 5.99. The van der Waals surface area contributed by atoms with Gasteiger partial charge in [-0.15, -0.1) is 0 Å². The number of carbonyl (C=O) groups is 1. The molecule has 0 radical (unpaired) electrons. The van der Waals surface area contributed by atoms with Crippen molar-refractivity contribution >= 4 is 5.91 Å². The van der Waals surface area contributed by atoms with Crippen molar-refractivity contribution in [2.75, 3.05) is 6.61 Å². The molecule has 1 aromatic heterocycles. The second kappa shape index (κ2) is 9.03. The van der Waals surface area contributed by atoms with Gasteiger partial charge in [-0.2, -0.15) is 5.10 Å². The van der Waals surface area contributed by atoms with Gasteiger partial charge < -0.3 is 10.1 Å². The van der Waals surface area contributed by atoms with E-state index in [0.717, 1.165) is 29.0 Å². The molecular formula is C22H25N3O2. The number of hydrogen-bond acceptors (Lipinski definition) is 3. The first-order valence-corrected chi connectivity index (χ1v) is 9.11. The van der Waals surface area contributed by atoms with Gasteiger partial charge in [0.1, 0.15) is 5.75 Å². The number of hydrogen-bond donors (Lipinski definition) is 1. The van der Waals surface area contributed by atoms with Crippen LogP contribution in [0.5, 0.6) is 5.75 Å². The molecule has 2 aromatic carbocycles. The number of ether oxygens (including phenoxy) is 1. The molecule has 5 nitrogen and oxygen atoms in total. The zero-order valence-electron chi connectivity index (χ0n) is 15.8. The topological polar surface area (TPSA) is 56.1 Å². The van der Waals surface area contributed by atoms with Crippen molar-refractivity contribution < 1.29 is 9.53 Å². The number of carbonyl (C=O) groups excluding carboxylic acids is 1. The lowest BCUT2D eigenvalue weighted by atomic mass is 10.1. The Morgan fingerprint density at radius 1 is 1.07 bits per heavy atom. The summed E-state index contributed by atoms with van der Waals surface area (Å²) in [5.41, 5.74) is 4.48. The van der Waals surface area contributed by atoms with Crippen molar-refractivity contribution in [3.8, 4) is 5.75 Å². The van der Waals surface area contributed by atoms with Gasteiger partial charge >= 0.3 is 0 Å². The highest BCUT2D eigenvalue weighted by Gasteiger charge is 2.05. The standard InChI is InChI=1S/C22H25N3O2/c1-17-10-18(2)12-21(11-17)27-9-8-22(26)23-13-20-14-24-25(16-20)15-19-6-4-3-5-7-19/h3-7,10-12,14,16H,8-9,13,15H2,1-2H3,(H,23,26). The van der Waals surface area contributed by atoms with E-state index in [0.29, 0.717) is 19.6 Å². The van der Waals surface area contributed by atoms with Gasteiger partial charge in [-0.05, 0) is 42.7 Å². The Hall–Kier alpha value is -3.08. The Labute approximate surface area is 160 Å². The molecule has 140 valence electrons. The third-order valence-corrected chi connectivity index (χ3v) is 4.16. The second-order valence-corrected chi connectivity index (χ2v) is 6.73. The summed E-state index contributed by atoms with van der Waals surface area (Å²) in [6.45, 7) is 5.62. The third-order valence-electron chi connectivity index (χ3n) is 4.16. The first-order valence-electron chi connectivity index (χ1n) is 9.11. The molecule has 0 saturated carbocycles. The zero-order chi connectivity index (χ0) is 19.1. The van der Waals surface area contributed by atoms with Gasteiger partial charge in [-0.25, -0.2) is 0 Å². The van der Waals surface area contributed by atoms with Crippen LogP contribution in [0.3, 0.4) is 0 Å². The van der Waals surface area contributed by atoms with Gasteiger partial charge in [0.15, 0.2) is 0 Å². The molecular weight excluding hydrogens is 338 g/mol. The van der Waals surface area contributed by atoms with Crippen LogP contribution in [0, 0.1) is 13.8 Å². The zero-order valence-corrected chi connectivity index (χ0v) is 15.8. The number of amides is 1. The fourth-order valence-corrected chi connectivity index (χ4v) is 2.92. The summed E-state index contributed by atoms with van der Waals surface area (Å²) in [5.74, 6) is 0.776. The summed E-state index contributed by atoms with van der Waals surface area (Å²) < 4.78 is 7.56. The largest absolute Gasteiger partial charge is 0.493 e. The summed E-state index contributed by atoms with van der Waals surface area (Å²) in [5, 5.41) is 7.26. The molecule has 0 aliphatic heterocycles. The van der Waals surface area contributed by atoms with Crippen LogP contribution in [-0.2, 0) is 17.9 Å². The predicted molar refractivity (Wildman–Crippen MR) is 106 cm³/mol. The molecule has 0 atom stereocenters. The molecule has 1 N–H and O–H groups in total. The van der Waals surface area contributed by atoms with Crippen LogP contribution < -0.4 is 10.1 Å². The SMILES string of the molecule is Cc1cc(C)cc(OCCC(=O)NCc2cnn(Cc3ccccc3)c2)c1. The smallest absolute Gasteiger partial charge is 0.223 e. The monoisotopic (exact) mass is 363 g/mol. The summed E-state index contributed by atoms with van der Waals surface area (Å²) >= 11 is 0. The van der Waals surface area contributed by atoms with Gasteiger partial charge in [0.25, 0.3) is 0 Å². The molecule has 0 bridgehead atoms. The number of benzene rings is 2. The Bertz CT molecular complexity index is 867. The maximum Gasteiger partial charge on any atom is 0.223 e. The molecule has 3 aromatic rings. The van der Waals surface area contributed by atoms with E-state index >= 15 is 0 Å². The minimum atomic E-state index is -0.0322. The highest BCUT2D eigenvalue weighted by molar-refractivity contribution is 5.75. The van der Waals surface area contributed by atoms with E-state index in [2.05, 4.69) is 28.6 Å². The van der Waals surface area contributed by atoms with Gasteiger partial charge in [0, 0.05) is 18.3 Å². The van der Waals surface area contributed by atoms with Crippen LogP contribution in [0.25, 0.3) is 0 Å². The van der Waals surface area contributed by atoms with E-state index in [4.69, 9.17) is 4.74 Å². The lowest BCUT2D eigenvalue weighted by Crippen LogP contribution is -2.24. The van der Waals surface area contributed by atoms with Crippen molar-refractivity contribution in [2.45, 2.75) is 33.4 Å². The summed E-state index contributed by atoms with van der Waals surface area (Å²) in [6, 6.07) is 16.2. The molecule has 0 unspecified atom stereocenters. The average molecular weight is 363 g/mol. The molecule has 0 fully saturated rings. The lowest BCUT2D eigenvalue weighted by molar-refractivity contribution is -0.121. The van der Waals surface area contributed by atoms with Crippen molar-refractivity contribution in [3.05, 3.63) is 83.2 Å². The lowest BCUT2D eigenvalue weighted by Gasteiger charge is -2.08. The van der Waals surface area contributed by atoms with E-state index in [1.54, 1.807) is 6.20 Å². The number of nitrogens with one attached hydrogen (secondary N) is 1. The fraction of sp³-hybridized carbons (Fsp3) is 0.273. The van der Waals surface area contributed by atoms with Crippen LogP contribution in [-0.4, -0.2) is 22.3 Å². The molecule has 5 heteroatoms. The molecule has 1 amide bonds. The highest BCUT2D eigenvalue weighted by Crippen LogP contribution is 2.16. The molecule has 0 spiro atoms. The van der Waals surface area contributed by atoms with E-state index < -0.39 is 0 Å². The highest BCUT2D eigenvalue weighted by atomic mass is 16.5. The Balaban J connectivity index is 1.40. The van der Waals surface area contributed by atoms with Gasteiger partial charge in [0.2, 0.25) is 5.91 Å². The number of aryl methyl sites for hydroxylation is 2. The molecule has 0 aliphatic rings. The average Bonchev–Trinajstić information content (AvgIpc) is 3.07. The molecule has 27 heavy (non-hydrogen) atoms. The van der Waals surface area contributed by atoms with Gasteiger partial charge in [-0.3, -0.25) is 9.48 Å². The molecule has 1 heterocycles. The number of aromatic nitrogens is 2. The predicted octanol–water partition coefficient (Wildman–Crippen LogP) is 3.63. The Kier molecular flexibility index (Phi) is 6.26. The van der Waals surface area contributed by atoms with Crippen LogP contribution in [0.15, 0.2) is 60.9 Å². The van der Waals surface area contributed by atoms with E-state index in [1.807, 2.05) is 55.1 Å². The molecule has 0 aliphatic carbocycles. The molecule has 3 rings (SSSR count). The van der Waals surface area contributed by atoms with Crippen LogP contribution in [0.1, 0.15) is 28.7 Å². The van der Waals surface area contributed by atoms with E-state index in [9.17, 15) is 4.79 Å². The van der Waals surface area contributed by atoms with Crippen molar-refractivity contribution in [1.29, 1.82) is 0 Å². The number of nitrogens with zero attached hydrogens (tertiary/aromatic N) is 2. The van der Waals surface area contributed by atoms with E-state index in [1.165, 1.54) is 5.56 Å². The quantitative estimate of drug-likeness (QED) is 0.665. The van der Waals surface area contributed by atoms with Crippen LogP contribution in [0.4, 0.5) is 0 Å². The molecule has 0 saturated heterocycles. The maximum absolute atomic E-state index is 12.0.